The number of nitrogens with two attached hydrogens (primary N) is 1. The van der Waals surface area contributed by atoms with E-state index in [0.29, 0.717) is 12.5 Å². The molecule has 0 aliphatic heterocycles. The van der Waals surface area contributed by atoms with Crippen LogP contribution in [0.4, 0.5) is 0 Å². The highest BCUT2D eigenvalue weighted by Gasteiger charge is 2.45. The fraction of sp³-hybridized carbons (Fsp3) is 0.588. The fourth-order valence-electron chi connectivity index (χ4n) is 3.59. The van der Waals surface area contributed by atoms with Gasteiger partial charge in [0.25, 0.3) is 0 Å². The number of amides is 1. The van der Waals surface area contributed by atoms with Crippen molar-refractivity contribution in [1.82, 2.24) is 5.32 Å². The number of halogens is 2. The average molecular weight is 388 g/mol. The summed E-state index contributed by atoms with van der Waals surface area (Å²) in [4.78, 5) is 12.4. The minimum absolute atomic E-state index is 0. The first kappa shape index (κ1) is 17.8. The highest BCUT2D eigenvalue weighted by atomic mass is 79.9. The molecule has 2 aliphatic carbocycles. The molecule has 0 saturated heterocycles. The molecule has 2 aliphatic rings. The van der Waals surface area contributed by atoms with Gasteiger partial charge in [-0.2, -0.15) is 0 Å². The second kappa shape index (κ2) is 7.33. The van der Waals surface area contributed by atoms with Crippen LogP contribution in [0.25, 0.3) is 0 Å². The van der Waals surface area contributed by atoms with E-state index in [1.165, 1.54) is 5.56 Å². The van der Waals surface area contributed by atoms with Crippen LogP contribution >= 0.6 is 28.3 Å². The largest absolute Gasteiger partial charge is 0.355 e. The van der Waals surface area contributed by atoms with Crippen LogP contribution in [0.15, 0.2) is 28.7 Å². The van der Waals surface area contributed by atoms with Gasteiger partial charge in [0.1, 0.15) is 0 Å². The molecule has 3 rings (SSSR count). The number of hydrogen-bond donors (Lipinski definition) is 2. The van der Waals surface area contributed by atoms with Gasteiger partial charge in [-0.05, 0) is 55.8 Å². The zero-order valence-corrected chi connectivity index (χ0v) is 15.1. The first-order chi connectivity index (χ1) is 10.1. The first-order valence-corrected chi connectivity index (χ1v) is 8.68. The van der Waals surface area contributed by atoms with Gasteiger partial charge in [0.2, 0.25) is 5.91 Å². The number of carbonyl (C=O) groups is 1. The van der Waals surface area contributed by atoms with Gasteiger partial charge in [-0.15, -0.1) is 12.4 Å². The van der Waals surface area contributed by atoms with Gasteiger partial charge in [-0.25, -0.2) is 0 Å². The molecule has 0 unspecified atom stereocenters. The Balaban J connectivity index is 0.00000176. The van der Waals surface area contributed by atoms with E-state index in [9.17, 15) is 4.79 Å². The Bertz CT molecular complexity index is 533. The molecule has 0 radical (unpaired) electrons. The molecule has 1 aromatic carbocycles. The van der Waals surface area contributed by atoms with Crippen molar-refractivity contribution in [3.63, 3.8) is 0 Å². The van der Waals surface area contributed by atoms with E-state index in [-0.39, 0.29) is 29.6 Å². The van der Waals surface area contributed by atoms with E-state index >= 15 is 0 Å². The highest BCUT2D eigenvalue weighted by molar-refractivity contribution is 9.10. The smallest absolute Gasteiger partial charge is 0.223 e. The third-order valence-corrected chi connectivity index (χ3v) is 5.68. The number of rotatable bonds is 5. The molecule has 3 nitrogen and oxygen atoms in total. The SMILES string of the molecule is Cl.NC[C@H]1CCC[C@H]1C(=O)NCC1(c2cccc(Br)c2)CC1. The highest BCUT2D eigenvalue weighted by Crippen LogP contribution is 2.48. The molecule has 1 aromatic rings. The van der Waals surface area contributed by atoms with Crippen molar-refractivity contribution < 1.29 is 4.79 Å². The van der Waals surface area contributed by atoms with Crippen LogP contribution in [-0.2, 0) is 10.2 Å². The Morgan fingerprint density at radius 2 is 2.14 bits per heavy atom. The summed E-state index contributed by atoms with van der Waals surface area (Å²) in [5.41, 5.74) is 7.27. The van der Waals surface area contributed by atoms with E-state index in [0.717, 1.165) is 43.1 Å². The maximum absolute atomic E-state index is 12.4. The van der Waals surface area contributed by atoms with Gasteiger partial charge < -0.3 is 11.1 Å². The summed E-state index contributed by atoms with van der Waals surface area (Å²) < 4.78 is 1.11. The Labute approximate surface area is 147 Å². The van der Waals surface area contributed by atoms with Gasteiger partial charge in [0.15, 0.2) is 0 Å². The Morgan fingerprint density at radius 1 is 1.36 bits per heavy atom. The summed E-state index contributed by atoms with van der Waals surface area (Å²) in [5.74, 6) is 0.726. The lowest BCUT2D eigenvalue weighted by molar-refractivity contribution is -0.126. The van der Waals surface area contributed by atoms with Crippen LogP contribution in [0.2, 0.25) is 0 Å². The van der Waals surface area contributed by atoms with Crippen LogP contribution < -0.4 is 11.1 Å². The molecular weight excluding hydrogens is 364 g/mol. The van der Waals surface area contributed by atoms with E-state index in [1.807, 2.05) is 6.07 Å². The summed E-state index contributed by atoms with van der Waals surface area (Å²) in [6, 6.07) is 8.46. The summed E-state index contributed by atoms with van der Waals surface area (Å²) in [6.45, 7) is 1.39. The van der Waals surface area contributed by atoms with E-state index in [4.69, 9.17) is 5.73 Å². The third kappa shape index (κ3) is 3.66. The molecule has 2 saturated carbocycles. The topological polar surface area (TPSA) is 55.1 Å². The zero-order valence-electron chi connectivity index (χ0n) is 12.7. The average Bonchev–Trinajstić information content (AvgIpc) is 3.13. The van der Waals surface area contributed by atoms with Crippen molar-refractivity contribution in [3.8, 4) is 0 Å². The quantitative estimate of drug-likeness (QED) is 0.813. The lowest BCUT2D eigenvalue weighted by Crippen LogP contribution is -2.39. The summed E-state index contributed by atoms with van der Waals surface area (Å²) in [7, 11) is 0. The minimum atomic E-state index is 0. The molecule has 122 valence electrons. The minimum Gasteiger partial charge on any atom is -0.355 e. The van der Waals surface area contributed by atoms with Gasteiger partial charge in [-0.3, -0.25) is 4.79 Å². The first-order valence-electron chi connectivity index (χ1n) is 7.88. The van der Waals surface area contributed by atoms with Gasteiger partial charge in [0, 0.05) is 22.4 Å². The van der Waals surface area contributed by atoms with Gasteiger partial charge in [-0.1, -0.05) is 34.5 Å². The molecule has 5 heteroatoms. The standard InChI is InChI=1S/C17H23BrN2O.ClH/c18-14-5-2-4-13(9-14)17(7-8-17)11-20-16(21)15-6-1-3-12(15)10-19;/h2,4-5,9,12,15H,1,3,6-8,10-11,19H2,(H,20,21);1H/t12-,15-;/m1./s1. The molecule has 0 aromatic heterocycles. The van der Waals surface area contributed by atoms with Crippen molar-refractivity contribution in [1.29, 1.82) is 0 Å². The normalized spacial score (nSPS) is 25.4. The number of hydrogen-bond acceptors (Lipinski definition) is 2. The number of benzene rings is 1. The van der Waals surface area contributed by atoms with Crippen molar-refractivity contribution in [2.75, 3.05) is 13.1 Å². The van der Waals surface area contributed by atoms with E-state index in [1.54, 1.807) is 0 Å². The van der Waals surface area contributed by atoms with Gasteiger partial charge in [0.05, 0.1) is 0 Å². The van der Waals surface area contributed by atoms with Crippen LogP contribution in [0.1, 0.15) is 37.7 Å². The second-order valence-corrected chi connectivity index (χ2v) is 7.46. The van der Waals surface area contributed by atoms with Crippen LogP contribution in [0.3, 0.4) is 0 Å². The van der Waals surface area contributed by atoms with Gasteiger partial charge >= 0.3 is 0 Å². The molecule has 1 amide bonds. The fourth-order valence-corrected chi connectivity index (χ4v) is 3.99. The van der Waals surface area contributed by atoms with Crippen LogP contribution in [0, 0.1) is 11.8 Å². The van der Waals surface area contributed by atoms with E-state index < -0.39 is 0 Å². The third-order valence-electron chi connectivity index (χ3n) is 5.19. The molecule has 0 spiro atoms. The maximum Gasteiger partial charge on any atom is 0.223 e. The van der Waals surface area contributed by atoms with Crippen LogP contribution in [-0.4, -0.2) is 19.0 Å². The molecule has 2 atom stereocenters. The predicted molar refractivity (Wildman–Crippen MR) is 95.2 cm³/mol. The summed E-state index contributed by atoms with van der Waals surface area (Å²) >= 11 is 3.53. The molecule has 3 N–H and O–H groups in total. The number of carbonyl (C=O) groups excluding carboxylic acids is 1. The Kier molecular flexibility index (Phi) is 5.92. The van der Waals surface area contributed by atoms with Crippen molar-refractivity contribution in [2.24, 2.45) is 17.6 Å². The van der Waals surface area contributed by atoms with Crippen molar-refractivity contribution >= 4 is 34.2 Å². The lowest BCUT2D eigenvalue weighted by atomic mass is 9.93. The lowest BCUT2D eigenvalue weighted by Gasteiger charge is -2.21. The van der Waals surface area contributed by atoms with Crippen LogP contribution in [0.5, 0.6) is 0 Å². The number of nitrogens with one attached hydrogen (secondary N) is 1. The Hall–Kier alpha value is -0.580. The maximum atomic E-state index is 12.4. The summed E-state index contributed by atoms with van der Waals surface area (Å²) in [6.07, 6.45) is 5.56. The molecule has 0 heterocycles. The van der Waals surface area contributed by atoms with Crippen molar-refractivity contribution in [3.05, 3.63) is 34.3 Å². The second-order valence-electron chi connectivity index (χ2n) is 6.54. The molecule has 0 bridgehead atoms. The molecule has 22 heavy (non-hydrogen) atoms. The zero-order chi connectivity index (χ0) is 14.9. The summed E-state index contributed by atoms with van der Waals surface area (Å²) in [5, 5.41) is 3.20. The van der Waals surface area contributed by atoms with Crippen molar-refractivity contribution in [2.45, 2.75) is 37.5 Å². The molecular formula is C17H24BrClN2O. The Morgan fingerprint density at radius 3 is 2.77 bits per heavy atom. The monoisotopic (exact) mass is 386 g/mol. The predicted octanol–water partition coefficient (Wildman–Crippen LogP) is 3.39. The van der Waals surface area contributed by atoms with E-state index in [2.05, 4.69) is 39.4 Å². The molecule has 2 fully saturated rings.